The first-order chi connectivity index (χ1) is 13.7. The van der Waals surface area contributed by atoms with Gasteiger partial charge in [-0.3, -0.25) is 9.59 Å². The number of nitrogens with zero attached hydrogens (tertiary/aromatic N) is 3. The molecule has 3 heterocycles. The highest BCUT2D eigenvalue weighted by Gasteiger charge is 2.26. The molecule has 148 valence electrons. The molecule has 28 heavy (non-hydrogen) atoms. The second-order valence-corrected chi connectivity index (χ2v) is 8.04. The number of carbonyl (C=O) groups is 2. The number of hydrogen-bond acceptors (Lipinski definition) is 6. The van der Waals surface area contributed by atoms with Crippen molar-refractivity contribution < 1.29 is 14.0 Å². The lowest BCUT2D eigenvalue weighted by atomic mass is 10.1. The maximum Gasteiger partial charge on any atom is 0.273 e. The molecule has 2 aliphatic rings. The van der Waals surface area contributed by atoms with Crippen LogP contribution in [-0.2, 0) is 11.3 Å². The first-order valence-corrected chi connectivity index (χ1v) is 10.7. The third kappa shape index (κ3) is 4.39. The summed E-state index contributed by atoms with van der Waals surface area (Å²) >= 11 is 1.53. The number of aromatic nitrogens is 1. The van der Waals surface area contributed by atoms with Gasteiger partial charge >= 0.3 is 0 Å². The fraction of sp³-hybridized carbons (Fsp3) is 0.450. The van der Waals surface area contributed by atoms with Gasteiger partial charge in [0.25, 0.3) is 5.91 Å². The zero-order valence-corrected chi connectivity index (χ0v) is 16.5. The lowest BCUT2D eigenvalue weighted by Gasteiger charge is -2.27. The number of oxazole rings is 1. The van der Waals surface area contributed by atoms with E-state index in [1.165, 1.54) is 37.3 Å². The Balaban J connectivity index is 1.34. The van der Waals surface area contributed by atoms with Crippen molar-refractivity contribution in [2.75, 3.05) is 36.8 Å². The lowest BCUT2D eigenvalue weighted by Crippen LogP contribution is -2.37. The second-order valence-electron chi connectivity index (χ2n) is 7.02. The van der Waals surface area contributed by atoms with Crippen LogP contribution < -0.4 is 10.2 Å². The molecule has 1 N–H and O–H groups in total. The fourth-order valence-corrected chi connectivity index (χ4v) is 4.49. The van der Waals surface area contributed by atoms with Gasteiger partial charge in [0.05, 0.1) is 11.4 Å². The molecule has 7 nitrogen and oxygen atoms in total. The number of para-hydroxylation sites is 1. The van der Waals surface area contributed by atoms with Crippen LogP contribution >= 0.6 is 11.8 Å². The van der Waals surface area contributed by atoms with Crippen LogP contribution in [0.1, 0.15) is 35.6 Å². The molecule has 0 bridgehead atoms. The predicted molar refractivity (Wildman–Crippen MR) is 107 cm³/mol. The molecule has 0 saturated carbocycles. The van der Waals surface area contributed by atoms with Crippen LogP contribution in [0.25, 0.3) is 0 Å². The van der Waals surface area contributed by atoms with Gasteiger partial charge in [-0.15, -0.1) is 11.8 Å². The van der Waals surface area contributed by atoms with E-state index in [4.69, 9.17) is 4.42 Å². The molecule has 1 fully saturated rings. The molecule has 0 radical (unpaired) electrons. The summed E-state index contributed by atoms with van der Waals surface area (Å²) in [6.07, 6.45) is 5.13. The van der Waals surface area contributed by atoms with E-state index in [1.54, 1.807) is 4.90 Å². The number of anilines is 1. The van der Waals surface area contributed by atoms with Crippen LogP contribution in [0.15, 0.2) is 39.8 Å². The first-order valence-electron chi connectivity index (χ1n) is 9.68. The molecule has 1 aromatic carbocycles. The largest absolute Gasteiger partial charge is 0.446 e. The normalized spacial score (nSPS) is 17.4. The van der Waals surface area contributed by atoms with E-state index in [2.05, 4.69) is 15.2 Å². The molecule has 4 rings (SSSR count). The predicted octanol–water partition coefficient (Wildman–Crippen LogP) is 2.53. The lowest BCUT2D eigenvalue weighted by molar-refractivity contribution is -0.116. The summed E-state index contributed by atoms with van der Waals surface area (Å²) in [6, 6.07) is 7.77. The molecule has 2 aromatic rings. The highest BCUT2D eigenvalue weighted by molar-refractivity contribution is 8.00. The minimum absolute atomic E-state index is 0.00873. The number of benzene rings is 1. The second kappa shape index (κ2) is 8.79. The first kappa shape index (κ1) is 19.0. The van der Waals surface area contributed by atoms with Crippen molar-refractivity contribution in [2.24, 2.45) is 0 Å². The number of rotatable bonds is 6. The van der Waals surface area contributed by atoms with E-state index in [9.17, 15) is 9.59 Å². The molecule has 0 unspecified atom stereocenters. The Bertz CT molecular complexity index is 847. The third-order valence-electron chi connectivity index (χ3n) is 5.05. The Labute approximate surface area is 168 Å². The molecule has 0 atom stereocenters. The monoisotopic (exact) mass is 400 g/mol. The number of fused-ring (bicyclic) bond motifs is 1. The summed E-state index contributed by atoms with van der Waals surface area (Å²) in [6.45, 7) is 3.88. The number of carbonyl (C=O) groups excluding carboxylic acids is 2. The van der Waals surface area contributed by atoms with Gasteiger partial charge in [-0.1, -0.05) is 18.6 Å². The SMILES string of the molecule is O=C(NCCN1CCCCC1)c1coc(CN2C(=O)CSc3ccccc32)n1. The van der Waals surface area contributed by atoms with Gasteiger partial charge in [0, 0.05) is 18.0 Å². The van der Waals surface area contributed by atoms with Crippen LogP contribution in [0.3, 0.4) is 0 Å². The Hall–Kier alpha value is -2.32. The van der Waals surface area contributed by atoms with Crippen molar-refractivity contribution in [1.82, 2.24) is 15.2 Å². The minimum atomic E-state index is -0.243. The Kier molecular flexibility index (Phi) is 5.97. The van der Waals surface area contributed by atoms with E-state index < -0.39 is 0 Å². The van der Waals surface area contributed by atoms with Crippen LogP contribution in [0.5, 0.6) is 0 Å². The molecule has 8 heteroatoms. The molecular formula is C20H24N4O3S. The quantitative estimate of drug-likeness (QED) is 0.803. The van der Waals surface area contributed by atoms with E-state index >= 15 is 0 Å². The van der Waals surface area contributed by atoms with Crippen LogP contribution in [0.4, 0.5) is 5.69 Å². The highest BCUT2D eigenvalue weighted by Crippen LogP contribution is 2.35. The number of thioether (sulfide) groups is 1. The average molecular weight is 401 g/mol. The van der Waals surface area contributed by atoms with Crippen LogP contribution in [0.2, 0.25) is 0 Å². The third-order valence-corrected chi connectivity index (χ3v) is 6.10. The van der Waals surface area contributed by atoms with Crippen molar-refractivity contribution in [1.29, 1.82) is 0 Å². The molecule has 1 aromatic heterocycles. The van der Waals surface area contributed by atoms with Crippen molar-refractivity contribution >= 4 is 29.3 Å². The van der Waals surface area contributed by atoms with Crippen molar-refractivity contribution in [3.63, 3.8) is 0 Å². The van der Waals surface area contributed by atoms with Gasteiger partial charge in [-0.05, 0) is 38.1 Å². The van der Waals surface area contributed by atoms with Crippen LogP contribution in [0, 0.1) is 0 Å². The van der Waals surface area contributed by atoms with Crippen molar-refractivity contribution in [2.45, 2.75) is 30.7 Å². The van der Waals surface area contributed by atoms with Crippen molar-refractivity contribution in [3.05, 3.63) is 42.1 Å². The summed E-state index contributed by atoms with van der Waals surface area (Å²) in [4.78, 5) is 34.0. The minimum Gasteiger partial charge on any atom is -0.446 e. The average Bonchev–Trinajstić information content (AvgIpc) is 3.20. The number of hydrogen-bond donors (Lipinski definition) is 1. The van der Waals surface area contributed by atoms with Crippen LogP contribution in [-0.4, -0.2) is 53.6 Å². The van der Waals surface area contributed by atoms with Gasteiger partial charge in [0.15, 0.2) is 5.69 Å². The van der Waals surface area contributed by atoms with Crippen molar-refractivity contribution in [3.8, 4) is 0 Å². The Morgan fingerprint density at radius 1 is 1.21 bits per heavy atom. The summed E-state index contributed by atoms with van der Waals surface area (Å²) in [5, 5.41) is 2.90. The Morgan fingerprint density at radius 3 is 2.89 bits per heavy atom. The van der Waals surface area contributed by atoms with E-state index in [0.29, 0.717) is 18.2 Å². The molecule has 2 aliphatic heterocycles. The number of nitrogens with one attached hydrogen (secondary N) is 1. The Morgan fingerprint density at radius 2 is 2.04 bits per heavy atom. The van der Waals surface area contributed by atoms with Gasteiger partial charge in [0.2, 0.25) is 11.8 Å². The van der Waals surface area contributed by atoms with E-state index in [-0.39, 0.29) is 24.1 Å². The summed E-state index contributed by atoms with van der Waals surface area (Å²) in [5.74, 6) is 0.514. The smallest absolute Gasteiger partial charge is 0.273 e. The fourth-order valence-electron chi connectivity index (χ4n) is 3.55. The van der Waals surface area contributed by atoms with Gasteiger partial charge in [-0.25, -0.2) is 4.98 Å². The van der Waals surface area contributed by atoms with E-state index in [1.807, 2.05) is 24.3 Å². The van der Waals surface area contributed by atoms with Gasteiger partial charge in [-0.2, -0.15) is 0 Å². The highest BCUT2D eigenvalue weighted by atomic mass is 32.2. The summed E-state index contributed by atoms with van der Waals surface area (Å²) < 4.78 is 5.47. The zero-order valence-electron chi connectivity index (χ0n) is 15.7. The maximum absolute atomic E-state index is 12.3. The standard InChI is InChI=1S/C20H24N4O3S/c25-19-14-28-17-7-3-2-6-16(17)24(19)12-18-22-15(13-27-18)20(26)21-8-11-23-9-4-1-5-10-23/h2-3,6-7,13H,1,4-5,8-12,14H2,(H,21,26). The molecule has 0 aliphatic carbocycles. The molecule has 0 spiro atoms. The zero-order chi connectivity index (χ0) is 19.3. The maximum atomic E-state index is 12.3. The molecule has 2 amide bonds. The number of likely N-dealkylation sites (tertiary alicyclic amines) is 1. The number of amides is 2. The number of piperidine rings is 1. The van der Waals surface area contributed by atoms with E-state index in [0.717, 1.165) is 30.2 Å². The summed E-state index contributed by atoms with van der Waals surface area (Å²) in [5.41, 5.74) is 1.11. The molecular weight excluding hydrogens is 376 g/mol. The van der Waals surface area contributed by atoms with Gasteiger partial charge in [0.1, 0.15) is 12.8 Å². The topological polar surface area (TPSA) is 78.7 Å². The molecule has 1 saturated heterocycles. The van der Waals surface area contributed by atoms with Gasteiger partial charge < -0.3 is 19.5 Å². The summed E-state index contributed by atoms with van der Waals surface area (Å²) in [7, 11) is 0.